The Bertz CT molecular complexity index is 151. The van der Waals surface area contributed by atoms with Crippen LogP contribution in [0.25, 0.3) is 0 Å². The molecule has 0 radical (unpaired) electrons. The predicted octanol–water partition coefficient (Wildman–Crippen LogP) is 4.95. The second-order valence-corrected chi connectivity index (χ2v) is 4.80. The highest BCUT2D eigenvalue weighted by atomic mass is 14.2. The molecule has 0 aliphatic heterocycles. The Labute approximate surface area is 89.8 Å². The SMILES string of the molecule is CCCC(CCC)C[C@H]1C=CCCC1. The normalized spacial score (nSPS) is 21.8. The topological polar surface area (TPSA) is 0 Å². The Hall–Kier alpha value is -0.260. The zero-order valence-electron chi connectivity index (χ0n) is 9.97. The summed E-state index contributed by atoms with van der Waals surface area (Å²) in [6.07, 6.45) is 16.1. The van der Waals surface area contributed by atoms with Crippen molar-refractivity contribution in [3.8, 4) is 0 Å². The quantitative estimate of drug-likeness (QED) is 0.525. The maximum atomic E-state index is 2.47. The standard InChI is InChI=1S/C14H26/c1-3-8-13(9-4-2)12-14-10-6-5-7-11-14/h6,10,13-14H,3-5,7-9,11-12H2,1-2H3/t14-/m0/s1. The van der Waals surface area contributed by atoms with Crippen LogP contribution in [0.3, 0.4) is 0 Å². The van der Waals surface area contributed by atoms with Gasteiger partial charge in [-0.3, -0.25) is 0 Å². The first-order chi connectivity index (χ1) is 6.86. The lowest BCUT2D eigenvalue weighted by molar-refractivity contribution is 0.345. The fourth-order valence-corrected chi connectivity index (χ4v) is 2.70. The van der Waals surface area contributed by atoms with Crippen LogP contribution in [0, 0.1) is 11.8 Å². The molecular weight excluding hydrogens is 168 g/mol. The van der Waals surface area contributed by atoms with E-state index in [9.17, 15) is 0 Å². The van der Waals surface area contributed by atoms with E-state index in [1.54, 1.807) is 0 Å². The number of hydrogen-bond acceptors (Lipinski definition) is 0. The molecule has 82 valence electrons. The van der Waals surface area contributed by atoms with Gasteiger partial charge in [0.05, 0.1) is 0 Å². The third-order valence-electron chi connectivity index (χ3n) is 3.38. The molecule has 1 aliphatic carbocycles. The van der Waals surface area contributed by atoms with Gasteiger partial charge in [-0.1, -0.05) is 51.7 Å². The van der Waals surface area contributed by atoms with Crippen LogP contribution < -0.4 is 0 Å². The summed E-state index contributed by atoms with van der Waals surface area (Å²) in [5, 5.41) is 0. The maximum absolute atomic E-state index is 2.47. The summed E-state index contributed by atoms with van der Waals surface area (Å²) in [6, 6.07) is 0. The molecule has 1 rings (SSSR count). The van der Waals surface area contributed by atoms with Crippen molar-refractivity contribution in [1.29, 1.82) is 0 Å². The molecule has 0 aromatic rings. The van der Waals surface area contributed by atoms with Gasteiger partial charge in [-0.25, -0.2) is 0 Å². The van der Waals surface area contributed by atoms with Gasteiger partial charge in [-0.15, -0.1) is 0 Å². The summed E-state index contributed by atoms with van der Waals surface area (Å²) in [5.41, 5.74) is 0. The van der Waals surface area contributed by atoms with Gasteiger partial charge in [-0.2, -0.15) is 0 Å². The molecule has 0 aromatic carbocycles. The number of hydrogen-bond donors (Lipinski definition) is 0. The first kappa shape index (κ1) is 11.8. The van der Waals surface area contributed by atoms with Crippen molar-refractivity contribution in [2.24, 2.45) is 11.8 Å². The minimum Gasteiger partial charge on any atom is -0.0883 e. The first-order valence-electron chi connectivity index (χ1n) is 6.53. The second kappa shape index (κ2) is 7.09. The van der Waals surface area contributed by atoms with Gasteiger partial charge in [0, 0.05) is 0 Å². The van der Waals surface area contributed by atoms with Gasteiger partial charge in [0.25, 0.3) is 0 Å². The number of allylic oxidation sites excluding steroid dienone is 2. The van der Waals surface area contributed by atoms with Gasteiger partial charge in [0.2, 0.25) is 0 Å². The molecule has 0 aromatic heterocycles. The molecule has 0 fully saturated rings. The van der Waals surface area contributed by atoms with Crippen LogP contribution >= 0.6 is 0 Å². The maximum Gasteiger partial charge on any atom is -0.0231 e. The van der Waals surface area contributed by atoms with Gasteiger partial charge in [0.1, 0.15) is 0 Å². The lowest BCUT2D eigenvalue weighted by Crippen LogP contribution is -2.09. The largest absolute Gasteiger partial charge is 0.0883 e. The Morgan fingerprint density at radius 2 is 1.93 bits per heavy atom. The highest BCUT2D eigenvalue weighted by molar-refractivity contribution is 4.93. The summed E-state index contributed by atoms with van der Waals surface area (Å²) < 4.78 is 0. The Kier molecular flexibility index (Phi) is 5.98. The van der Waals surface area contributed by atoms with Gasteiger partial charge < -0.3 is 0 Å². The molecule has 1 aliphatic rings. The summed E-state index contributed by atoms with van der Waals surface area (Å²) in [6.45, 7) is 4.64. The fraction of sp³-hybridized carbons (Fsp3) is 0.857. The van der Waals surface area contributed by atoms with Crippen molar-refractivity contribution in [2.75, 3.05) is 0 Å². The average Bonchev–Trinajstić information content (AvgIpc) is 2.20. The summed E-state index contributed by atoms with van der Waals surface area (Å²) >= 11 is 0. The van der Waals surface area contributed by atoms with Crippen LogP contribution in [0.5, 0.6) is 0 Å². The van der Waals surface area contributed by atoms with Gasteiger partial charge >= 0.3 is 0 Å². The van der Waals surface area contributed by atoms with Crippen molar-refractivity contribution in [3.05, 3.63) is 12.2 Å². The van der Waals surface area contributed by atoms with E-state index < -0.39 is 0 Å². The van der Waals surface area contributed by atoms with E-state index >= 15 is 0 Å². The van der Waals surface area contributed by atoms with Crippen LogP contribution in [0.2, 0.25) is 0 Å². The fourth-order valence-electron chi connectivity index (χ4n) is 2.70. The lowest BCUT2D eigenvalue weighted by Gasteiger charge is -2.22. The van der Waals surface area contributed by atoms with Crippen LogP contribution in [-0.4, -0.2) is 0 Å². The molecule has 0 N–H and O–H groups in total. The predicted molar refractivity (Wildman–Crippen MR) is 64.4 cm³/mol. The molecule has 0 nitrogen and oxygen atoms in total. The van der Waals surface area contributed by atoms with Crippen molar-refractivity contribution in [2.45, 2.75) is 65.2 Å². The molecule has 0 spiro atoms. The van der Waals surface area contributed by atoms with E-state index in [-0.39, 0.29) is 0 Å². The molecular formula is C14H26. The molecule has 0 amide bonds. The Balaban J connectivity index is 2.29. The lowest BCUT2D eigenvalue weighted by atomic mass is 9.83. The van der Waals surface area contributed by atoms with Crippen LogP contribution in [0.15, 0.2) is 12.2 Å². The van der Waals surface area contributed by atoms with Crippen molar-refractivity contribution in [3.63, 3.8) is 0 Å². The smallest absolute Gasteiger partial charge is 0.0231 e. The molecule has 0 heterocycles. The molecule has 0 heteroatoms. The van der Waals surface area contributed by atoms with Crippen molar-refractivity contribution in [1.82, 2.24) is 0 Å². The zero-order valence-corrected chi connectivity index (χ0v) is 9.97. The van der Waals surface area contributed by atoms with Gasteiger partial charge in [0.15, 0.2) is 0 Å². The molecule has 14 heavy (non-hydrogen) atoms. The molecule has 0 unspecified atom stereocenters. The van der Waals surface area contributed by atoms with E-state index in [1.807, 2.05) is 0 Å². The van der Waals surface area contributed by atoms with E-state index in [0.717, 1.165) is 11.8 Å². The van der Waals surface area contributed by atoms with Crippen LogP contribution in [0.4, 0.5) is 0 Å². The zero-order chi connectivity index (χ0) is 10.2. The summed E-state index contributed by atoms with van der Waals surface area (Å²) in [5.74, 6) is 1.91. The van der Waals surface area contributed by atoms with E-state index in [1.165, 1.54) is 51.4 Å². The Morgan fingerprint density at radius 1 is 1.21 bits per heavy atom. The third-order valence-corrected chi connectivity index (χ3v) is 3.38. The molecule has 0 bridgehead atoms. The van der Waals surface area contributed by atoms with Gasteiger partial charge in [-0.05, 0) is 37.5 Å². The molecule has 0 saturated carbocycles. The average molecular weight is 194 g/mol. The van der Waals surface area contributed by atoms with Crippen LogP contribution in [0.1, 0.15) is 65.2 Å². The minimum absolute atomic E-state index is 0.909. The molecule has 0 saturated heterocycles. The number of rotatable bonds is 6. The third kappa shape index (κ3) is 4.30. The van der Waals surface area contributed by atoms with Crippen molar-refractivity contribution < 1.29 is 0 Å². The van der Waals surface area contributed by atoms with E-state index in [2.05, 4.69) is 26.0 Å². The Morgan fingerprint density at radius 3 is 2.43 bits per heavy atom. The summed E-state index contributed by atoms with van der Waals surface area (Å²) in [7, 11) is 0. The van der Waals surface area contributed by atoms with Crippen LogP contribution in [-0.2, 0) is 0 Å². The van der Waals surface area contributed by atoms with Crippen molar-refractivity contribution >= 4 is 0 Å². The highest BCUT2D eigenvalue weighted by Gasteiger charge is 2.14. The first-order valence-corrected chi connectivity index (χ1v) is 6.53. The highest BCUT2D eigenvalue weighted by Crippen LogP contribution is 2.28. The van der Waals surface area contributed by atoms with E-state index in [0.29, 0.717) is 0 Å². The second-order valence-electron chi connectivity index (χ2n) is 4.80. The molecule has 1 atom stereocenters. The monoisotopic (exact) mass is 194 g/mol. The van der Waals surface area contributed by atoms with E-state index in [4.69, 9.17) is 0 Å². The summed E-state index contributed by atoms with van der Waals surface area (Å²) in [4.78, 5) is 0. The minimum atomic E-state index is 0.909.